The molecular weight excluding hydrogens is 294 g/mol. The summed E-state index contributed by atoms with van der Waals surface area (Å²) in [5.74, 6) is -0.989. The van der Waals surface area contributed by atoms with E-state index in [1.807, 2.05) is 6.08 Å². The van der Waals surface area contributed by atoms with Crippen LogP contribution in [0.2, 0.25) is 0 Å². The third kappa shape index (κ3) is 5.85. The molecule has 0 heterocycles. The van der Waals surface area contributed by atoms with Gasteiger partial charge in [0.25, 0.3) is 0 Å². The second-order valence-corrected chi connectivity index (χ2v) is 6.22. The van der Waals surface area contributed by atoms with Crippen molar-refractivity contribution in [3.05, 3.63) is 34.9 Å². The van der Waals surface area contributed by atoms with Gasteiger partial charge in [0.2, 0.25) is 0 Å². The van der Waals surface area contributed by atoms with Crippen molar-refractivity contribution in [1.29, 1.82) is 0 Å². The molecule has 0 aromatic carbocycles. The van der Waals surface area contributed by atoms with Crippen LogP contribution >= 0.6 is 0 Å². The average Bonchev–Trinajstić information content (AvgIpc) is 2.47. The summed E-state index contributed by atoms with van der Waals surface area (Å²) in [6.45, 7) is 7.80. The number of hydrogen-bond donors (Lipinski definition) is 0. The van der Waals surface area contributed by atoms with Gasteiger partial charge in [0.15, 0.2) is 0 Å². The number of rotatable bonds is 5. The average molecular weight is 319 g/mol. The fourth-order valence-corrected chi connectivity index (χ4v) is 2.71. The highest BCUT2D eigenvalue weighted by molar-refractivity contribution is 5.96. The summed E-state index contributed by atoms with van der Waals surface area (Å²) in [7, 11) is 1.32. The first-order chi connectivity index (χ1) is 10.8. The Morgan fingerprint density at radius 2 is 2.00 bits per heavy atom. The van der Waals surface area contributed by atoms with Crippen molar-refractivity contribution in [3.8, 4) is 0 Å². The molecule has 23 heavy (non-hydrogen) atoms. The molecule has 0 aliphatic heterocycles. The molecule has 0 unspecified atom stereocenters. The number of ether oxygens (including phenoxy) is 1. The van der Waals surface area contributed by atoms with E-state index in [0.29, 0.717) is 5.57 Å². The zero-order valence-corrected chi connectivity index (χ0v) is 14.5. The van der Waals surface area contributed by atoms with Gasteiger partial charge in [0.05, 0.1) is 18.9 Å². The third-order valence-electron chi connectivity index (χ3n) is 3.89. The van der Waals surface area contributed by atoms with Crippen molar-refractivity contribution in [2.45, 2.75) is 47.0 Å². The van der Waals surface area contributed by atoms with E-state index >= 15 is 0 Å². The molecular formula is C18H25NO4. The number of nitrogens with zero attached hydrogens (tertiary/aromatic N) is 1. The van der Waals surface area contributed by atoms with Crippen molar-refractivity contribution in [2.75, 3.05) is 7.11 Å². The van der Waals surface area contributed by atoms with Gasteiger partial charge in [-0.05, 0) is 49.3 Å². The predicted octanol–water partition coefficient (Wildman–Crippen LogP) is 3.72. The molecule has 5 nitrogen and oxygen atoms in total. The van der Waals surface area contributed by atoms with Crippen LogP contribution in [0.1, 0.15) is 47.0 Å². The lowest BCUT2D eigenvalue weighted by molar-refractivity contribution is -0.140. The van der Waals surface area contributed by atoms with Crippen LogP contribution in [0.15, 0.2) is 40.1 Å². The SMILES string of the molecule is COC(=O)C(/C=C/C1=C(C)CCCC1(C)C)=C/C=N/OC(C)=O. The summed E-state index contributed by atoms with van der Waals surface area (Å²) in [6.07, 6.45) is 9.78. The van der Waals surface area contributed by atoms with E-state index in [-0.39, 0.29) is 5.41 Å². The van der Waals surface area contributed by atoms with Crippen LogP contribution in [0.4, 0.5) is 0 Å². The quantitative estimate of drug-likeness (QED) is 0.193. The van der Waals surface area contributed by atoms with Crippen LogP contribution in [0.3, 0.4) is 0 Å². The molecule has 0 amide bonds. The summed E-state index contributed by atoms with van der Waals surface area (Å²) in [4.78, 5) is 26.9. The maximum Gasteiger partial charge on any atom is 0.337 e. The summed E-state index contributed by atoms with van der Waals surface area (Å²) in [5.41, 5.74) is 3.02. The van der Waals surface area contributed by atoms with Gasteiger partial charge in [-0.2, -0.15) is 0 Å². The number of carbonyl (C=O) groups excluding carboxylic acids is 2. The van der Waals surface area contributed by atoms with Crippen LogP contribution in [0.5, 0.6) is 0 Å². The summed E-state index contributed by atoms with van der Waals surface area (Å²) in [5, 5.41) is 3.46. The van der Waals surface area contributed by atoms with Gasteiger partial charge in [0.1, 0.15) is 0 Å². The molecule has 1 aliphatic rings. The lowest BCUT2D eigenvalue weighted by atomic mass is 9.72. The van der Waals surface area contributed by atoms with Gasteiger partial charge in [-0.15, -0.1) is 0 Å². The summed E-state index contributed by atoms with van der Waals surface area (Å²) in [6, 6.07) is 0. The molecule has 126 valence electrons. The molecule has 0 fully saturated rings. The van der Waals surface area contributed by atoms with Gasteiger partial charge in [-0.1, -0.05) is 30.7 Å². The standard InChI is InChI=1S/C18H25NO4/c1-13-7-6-11-18(3,4)16(13)9-8-15(17(21)22-5)10-12-19-23-14(2)20/h8-10,12H,6-7,11H2,1-5H3/b9-8+,15-10+,19-12+. The van der Waals surface area contributed by atoms with Gasteiger partial charge in [-0.3, -0.25) is 0 Å². The molecule has 0 aromatic rings. The Bertz CT molecular complexity index is 580. The van der Waals surface area contributed by atoms with E-state index in [9.17, 15) is 9.59 Å². The second kappa shape index (κ2) is 8.46. The predicted molar refractivity (Wildman–Crippen MR) is 89.8 cm³/mol. The molecule has 0 atom stereocenters. The largest absolute Gasteiger partial charge is 0.465 e. The van der Waals surface area contributed by atoms with Crippen molar-refractivity contribution < 1.29 is 19.2 Å². The van der Waals surface area contributed by atoms with E-state index in [1.165, 1.54) is 43.9 Å². The third-order valence-corrected chi connectivity index (χ3v) is 3.89. The number of oxime groups is 1. The maximum absolute atomic E-state index is 11.8. The van der Waals surface area contributed by atoms with Crippen LogP contribution in [0, 0.1) is 5.41 Å². The lowest BCUT2D eigenvalue weighted by Gasteiger charge is -2.32. The minimum Gasteiger partial charge on any atom is -0.465 e. The zero-order chi connectivity index (χ0) is 17.5. The smallest absolute Gasteiger partial charge is 0.337 e. The molecule has 5 heteroatoms. The van der Waals surface area contributed by atoms with Gasteiger partial charge >= 0.3 is 11.9 Å². The number of allylic oxidation sites excluding steroid dienone is 4. The van der Waals surface area contributed by atoms with Crippen molar-refractivity contribution in [1.82, 2.24) is 0 Å². The highest BCUT2D eigenvalue weighted by atomic mass is 16.7. The molecule has 0 saturated heterocycles. The van der Waals surface area contributed by atoms with Gasteiger partial charge in [-0.25, -0.2) is 9.59 Å². The molecule has 0 N–H and O–H groups in total. The highest BCUT2D eigenvalue weighted by Gasteiger charge is 2.26. The summed E-state index contributed by atoms with van der Waals surface area (Å²) >= 11 is 0. The van der Waals surface area contributed by atoms with E-state index in [2.05, 4.69) is 30.8 Å². The summed E-state index contributed by atoms with van der Waals surface area (Å²) < 4.78 is 4.77. The van der Waals surface area contributed by atoms with Crippen LogP contribution in [-0.4, -0.2) is 25.3 Å². The van der Waals surface area contributed by atoms with Crippen LogP contribution < -0.4 is 0 Å². The molecule has 0 bridgehead atoms. The van der Waals surface area contributed by atoms with E-state index in [4.69, 9.17) is 4.74 Å². The van der Waals surface area contributed by atoms with Crippen molar-refractivity contribution >= 4 is 18.2 Å². The zero-order valence-electron chi connectivity index (χ0n) is 14.5. The molecule has 0 saturated carbocycles. The second-order valence-electron chi connectivity index (χ2n) is 6.22. The normalized spacial score (nSPS) is 18.6. The number of esters is 1. The first-order valence-electron chi connectivity index (χ1n) is 7.66. The first kappa shape index (κ1) is 18.9. The molecule has 0 aromatic heterocycles. The van der Waals surface area contributed by atoms with Gasteiger partial charge in [0, 0.05) is 6.92 Å². The van der Waals surface area contributed by atoms with Crippen LogP contribution in [0.25, 0.3) is 0 Å². The fraction of sp³-hybridized carbons (Fsp3) is 0.500. The van der Waals surface area contributed by atoms with Crippen molar-refractivity contribution in [3.63, 3.8) is 0 Å². The van der Waals surface area contributed by atoms with Crippen LogP contribution in [-0.2, 0) is 19.2 Å². The minimum atomic E-state index is -0.519. The fourth-order valence-electron chi connectivity index (χ4n) is 2.71. The van der Waals surface area contributed by atoms with Gasteiger partial charge < -0.3 is 9.57 Å². The molecule has 1 aliphatic carbocycles. The van der Waals surface area contributed by atoms with E-state index in [0.717, 1.165) is 12.8 Å². The Morgan fingerprint density at radius 3 is 2.57 bits per heavy atom. The first-order valence-corrected chi connectivity index (χ1v) is 7.66. The highest BCUT2D eigenvalue weighted by Crippen LogP contribution is 2.40. The number of methoxy groups -OCH3 is 1. The monoisotopic (exact) mass is 319 g/mol. The Balaban J connectivity index is 3.01. The molecule has 0 radical (unpaired) electrons. The number of hydrogen-bond acceptors (Lipinski definition) is 5. The lowest BCUT2D eigenvalue weighted by Crippen LogP contribution is -2.19. The Hall–Kier alpha value is -2.17. The Labute approximate surface area is 137 Å². The topological polar surface area (TPSA) is 65.0 Å². The molecule has 0 spiro atoms. The minimum absolute atomic E-state index is 0.0892. The Kier molecular flexibility index (Phi) is 6.94. The van der Waals surface area contributed by atoms with E-state index < -0.39 is 11.9 Å². The van der Waals surface area contributed by atoms with E-state index in [1.54, 1.807) is 6.08 Å². The Morgan fingerprint density at radius 1 is 1.30 bits per heavy atom. The molecule has 1 rings (SSSR count). The number of carbonyl (C=O) groups is 2. The maximum atomic E-state index is 11.8. The van der Waals surface area contributed by atoms with Crippen molar-refractivity contribution in [2.24, 2.45) is 10.6 Å².